The van der Waals surface area contributed by atoms with Gasteiger partial charge in [0.25, 0.3) is 0 Å². The average molecular weight is 540 g/mol. The molecule has 0 radical (unpaired) electrons. The lowest BCUT2D eigenvalue weighted by Gasteiger charge is -2.54. The number of aliphatic hydroxyl groups excluding tert-OH is 1. The molecule has 3 aliphatic rings. The van der Waals surface area contributed by atoms with E-state index in [4.69, 9.17) is 4.74 Å². The van der Waals surface area contributed by atoms with Crippen molar-refractivity contribution in [1.29, 1.82) is 0 Å². The molecule has 0 saturated heterocycles. The van der Waals surface area contributed by atoms with Crippen LogP contribution in [0.1, 0.15) is 73.1 Å². The van der Waals surface area contributed by atoms with Gasteiger partial charge in [-0.3, -0.25) is 4.79 Å². The van der Waals surface area contributed by atoms with Gasteiger partial charge in [0.15, 0.2) is 0 Å². The van der Waals surface area contributed by atoms with Crippen LogP contribution in [0, 0.1) is 22.7 Å². The van der Waals surface area contributed by atoms with E-state index >= 15 is 0 Å². The molecule has 0 amide bonds. The number of hydrogen-bond acceptors (Lipinski definition) is 5. The van der Waals surface area contributed by atoms with Crippen LogP contribution < -0.4 is 0 Å². The summed E-state index contributed by atoms with van der Waals surface area (Å²) in [7, 11) is 0. The zero-order valence-electron chi connectivity index (χ0n) is 18.1. The molecule has 3 N–H and O–H groups in total. The number of carbonyl (C=O) groups excluding carboxylic acids is 1. The fraction of sp³-hybridized carbons (Fsp3) is 0.955. The Morgan fingerprint density at radius 2 is 1.66 bits per heavy atom. The van der Waals surface area contributed by atoms with Gasteiger partial charge in [-0.2, -0.15) is 0 Å². The first kappa shape index (κ1) is 24.0. The van der Waals surface area contributed by atoms with Crippen LogP contribution in [-0.2, 0) is 9.53 Å². The maximum Gasteiger partial charge on any atom is 0.303 e. The first-order chi connectivity index (χ1) is 13.1. The summed E-state index contributed by atoms with van der Waals surface area (Å²) in [6.45, 7) is 9.48. The highest BCUT2D eigenvalue weighted by Crippen LogP contribution is 2.63. The monoisotopic (exact) mass is 538 g/mol. The van der Waals surface area contributed by atoms with Crippen molar-refractivity contribution in [3.63, 3.8) is 0 Å². The average Bonchev–Trinajstić information content (AvgIpc) is 2.85. The van der Waals surface area contributed by atoms with Gasteiger partial charge in [0.2, 0.25) is 0 Å². The zero-order chi connectivity index (χ0) is 22.0. The van der Waals surface area contributed by atoms with Crippen molar-refractivity contribution < 1.29 is 24.9 Å². The van der Waals surface area contributed by atoms with Crippen molar-refractivity contribution in [1.82, 2.24) is 0 Å². The van der Waals surface area contributed by atoms with Gasteiger partial charge in [-0.15, -0.1) is 0 Å². The Morgan fingerprint density at radius 1 is 1.07 bits per heavy atom. The number of ether oxygens (including phenoxy) is 1. The number of halogens is 2. The predicted octanol–water partition coefficient (Wildman–Crippen LogP) is 3.93. The molecular weight excluding hydrogens is 504 g/mol. The fourth-order valence-electron chi connectivity index (χ4n) is 6.83. The molecule has 7 heteroatoms. The van der Waals surface area contributed by atoms with E-state index in [0.29, 0.717) is 25.7 Å². The number of carbonyl (C=O) groups is 1. The summed E-state index contributed by atoms with van der Waals surface area (Å²) in [5.74, 6) is -1.28. The molecule has 0 aliphatic heterocycles. The van der Waals surface area contributed by atoms with Gasteiger partial charge in [0.1, 0.15) is 11.7 Å². The lowest BCUT2D eigenvalue weighted by molar-refractivity contribution is -0.205. The number of fused-ring (bicyclic) bond motifs is 1. The molecule has 168 valence electrons. The highest BCUT2D eigenvalue weighted by atomic mass is 79.9. The third kappa shape index (κ3) is 4.08. The van der Waals surface area contributed by atoms with Gasteiger partial charge in [-0.1, -0.05) is 52.6 Å². The van der Waals surface area contributed by atoms with Crippen LogP contribution in [0.25, 0.3) is 0 Å². The minimum absolute atomic E-state index is 0.155. The Hall–Kier alpha value is 0.310. The Morgan fingerprint density at radius 3 is 2.21 bits per heavy atom. The first-order valence-electron chi connectivity index (χ1n) is 10.7. The fourth-order valence-corrected chi connectivity index (χ4v) is 7.92. The minimum atomic E-state index is -1.24. The van der Waals surface area contributed by atoms with Crippen LogP contribution in [-0.4, -0.2) is 54.4 Å². The van der Waals surface area contributed by atoms with Crippen molar-refractivity contribution in [2.24, 2.45) is 22.7 Å². The highest BCUT2D eigenvalue weighted by molar-refractivity contribution is 9.09. The molecule has 0 aromatic rings. The lowest BCUT2D eigenvalue weighted by atomic mass is 9.57. The molecular formula is C22H36Br2O5. The van der Waals surface area contributed by atoms with E-state index in [1.807, 2.05) is 6.92 Å². The van der Waals surface area contributed by atoms with Gasteiger partial charge in [0, 0.05) is 28.4 Å². The lowest BCUT2D eigenvalue weighted by Crippen LogP contribution is -2.61. The van der Waals surface area contributed by atoms with E-state index in [1.54, 1.807) is 0 Å². The van der Waals surface area contributed by atoms with E-state index in [2.05, 4.69) is 52.6 Å². The van der Waals surface area contributed by atoms with Gasteiger partial charge in [-0.05, 0) is 56.3 Å². The maximum absolute atomic E-state index is 12.1. The normalized spacial score (nSPS) is 50.6. The second-order valence-electron chi connectivity index (χ2n) is 11.0. The SMILES string of the molecule is CC(=O)OC(C1C(O)CC2(C)C(Br)CCC(C)(O)C12)C1(O)CCC(Br)C(C)(C)C1. The first-order valence-corrected chi connectivity index (χ1v) is 12.6. The van der Waals surface area contributed by atoms with Crippen LogP contribution in [0.5, 0.6) is 0 Å². The summed E-state index contributed by atoms with van der Waals surface area (Å²) in [6, 6.07) is 0. The second kappa shape index (κ2) is 7.72. The Balaban J connectivity index is 2.05. The van der Waals surface area contributed by atoms with E-state index in [9.17, 15) is 20.1 Å². The quantitative estimate of drug-likeness (QED) is 0.373. The molecule has 29 heavy (non-hydrogen) atoms. The maximum atomic E-state index is 12.1. The minimum Gasteiger partial charge on any atom is -0.459 e. The molecule has 5 nitrogen and oxygen atoms in total. The number of esters is 1. The van der Waals surface area contributed by atoms with Gasteiger partial charge in [-0.25, -0.2) is 0 Å². The summed E-state index contributed by atoms with van der Waals surface area (Å²) in [6.07, 6.45) is 2.01. The van der Waals surface area contributed by atoms with E-state index in [0.717, 1.165) is 12.8 Å². The van der Waals surface area contributed by atoms with E-state index in [-0.39, 0.29) is 26.4 Å². The number of aliphatic hydroxyl groups is 3. The number of hydrogen-bond donors (Lipinski definition) is 3. The molecule has 3 saturated carbocycles. The predicted molar refractivity (Wildman–Crippen MR) is 119 cm³/mol. The molecule has 9 unspecified atom stereocenters. The largest absolute Gasteiger partial charge is 0.459 e. The Labute approximate surface area is 191 Å². The molecule has 0 bridgehead atoms. The third-order valence-electron chi connectivity index (χ3n) is 8.09. The second-order valence-corrected chi connectivity index (χ2v) is 13.2. The summed E-state index contributed by atoms with van der Waals surface area (Å²) < 4.78 is 5.81. The van der Waals surface area contributed by atoms with Gasteiger partial charge in [0.05, 0.1) is 11.7 Å². The Kier molecular flexibility index (Phi) is 6.38. The van der Waals surface area contributed by atoms with Gasteiger partial charge < -0.3 is 20.1 Å². The van der Waals surface area contributed by atoms with Crippen LogP contribution >= 0.6 is 31.9 Å². The standard InChI is InChI=1S/C22H36Br2O5/c1-12(25)29-18(22(28)9-7-14(23)19(2,3)11-22)16-13(26)10-20(4)15(24)6-8-21(5,27)17(16)20/h13-18,26-28H,6-11H2,1-5H3. The third-order valence-corrected chi connectivity index (χ3v) is 11.3. The molecule has 0 heterocycles. The van der Waals surface area contributed by atoms with E-state index < -0.39 is 35.3 Å². The van der Waals surface area contributed by atoms with E-state index in [1.165, 1.54) is 6.92 Å². The van der Waals surface area contributed by atoms with Crippen molar-refractivity contribution in [3.05, 3.63) is 0 Å². The van der Waals surface area contributed by atoms with Crippen LogP contribution in [0.15, 0.2) is 0 Å². The molecule has 9 atom stereocenters. The van der Waals surface area contributed by atoms with Crippen molar-refractivity contribution in [3.8, 4) is 0 Å². The van der Waals surface area contributed by atoms with Crippen molar-refractivity contribution >= 4 is 37.8 Å². The van der Waals surface area contributed by atoms with Crippen LogP contribution in [0.4, 0.5) is 0 Å². The zero-order valence-corrected chi connectivity index (χ0v) is 21.3. The topological polar surface area (TPSA) is 87.0 Å². The van der Waals surface area contributed by atoms with Crippen molar-refractivity contribution in [2.45, 2.75) is 106 Å². The summed E-state index contributed by atoms with van der Waals surface area (Å²) in [5.41, 5.74) is -2.78. The molecule has 0 aromatic heterocycles. The van der Waals surface area contributed by atoms with Crippen molar-refractivity contribution in [2.75, 3.05) is 0 Å². The molecule has 3 aliphatic carbocycles. The molecule has 0 spiro atoms. The van der Waals surface area contributed by atoms with Gasteiger partial charge >= 0.3 is 5.97 Å². The summed E-state index contributed by atoms with van der Waals surface area (Å²) in [5, 5.41) is 34.4. The van der Waals surface area contributed by atoms with Crippen LogP contribution in [0.2, 0.25) is 0 Å². The number of rotatable bonds is 3. The highest BCUT2D eigenvalue weighted by Gasteiger charge is 2.66. The summed E-state index contributed by atoms with van der Waals surface area (Å²) in [4.78, 5) is 12.5. The summed E-state index contributed by atoms with van der Waals surface area (Å²) >= 11 is 7.53. The van der Waals surface area contributed by atoms with Crippen LogP contribution in [0.3, 0.4) is 0 Å². The molecule has 3 rings (SSSR count). The Bertz CT molecular complexity index is 653. The smallest absolute Gasteiger partial charge is 0.303 e. The molecule has 3 fully saturated rings. The molecule has 0 aromatic carbocycles. The number of alkyl halides is 2.